The Bertz CT molecular complexity index is 616. The van der Waals surface area contributed by atoms with Gasteiger partial charge < -0.3 is 9.47 Å². The Morgan fingerprint density at radius 1 is 1.50 bits per heavy atom. The van der Waals surface area contributed by atoms with Crippen LogP contribution in [-0.4, -0.2) is 50.1 Å². The van der Waals surface area contributed by atoms with Crippen LogP contribution >= 0.6 is 11.8 Å². The number of carbonyl (C=O) groups excluding carboxylic acids is 1. The second-order valence-electron chi connectivity index (χ2n) is 5.45. The number of nitrogens with zero attached hydrogens (tertiary/aromatic N) is 4. The molecule has 0 N–H and O–H groups in total. The second-order valence-corrected chi connectivity index (χ2v) is 6.36. The van der Waals surface area contributed by atoms with Crippen molar-refractivity contribution in [1.82, 2.24) is 19.1 Å². The number of piperidine rings is 1. The van der Waals surface area contributed by atoms with Gasteiger partial charge in [0.1, 0.15) is 11.2 Å². The van der Waals surface area contributed by atoms with Crippen LogP contribution in [0.25, 0.3) is 5.65 Å². The van der Waals surface area contributed by atoms with Crippen LogP contribution < -0.4 is 0 Å². The van der Waals surface area contributed by atoms with Gasteiger partial charge >= 0.3 is 0 Å². The third-order valence-electron chi connectivity index (χ3n) is 3.97. The van der Waals surface area contributed by atoms with E-state index in [0.29, 0.717) is 11.5 Å². The molecule has 3 rings (SSSR count). The van der Waals surface area contributed by atoms with Crippen molar-refractivity contribution in [2.75, 3.05) is 25.1 Å². The quantitative estimate of drug-likeness (QED) is 0.867. The predicted octanol–water partition coefficient (Wildman–Crippen LogP) is 1.89. The maximum atomic E-state index is 12.7. The highest BCUT2D eigenvalue weighted by molar-refractivity contribution is 7.98. The van der Waals surface area contributed by atoms with Gasteiger partial charge in [-0.1, -0.05) is 0 Å². The van der Waals surface area contributed by atoms with E-state index in [-0.39, 0.29) is 5.91 Å². The van der Waals surface area contributed by atoms with E-state index >= 15 is 0 Å². The lowest BCUT2D eigenvalue weighted by Gasteiger charge is -2.32. The Morgan fingerprint density at radius 2 is 2.35 bits per heavy atom. The van der Waals surface area contributed by atoms with Crippen molar-refractivity contribution in [3.05, 3.63) is 24.2 Å². The van der Waals surface area contributed by atoms with Crippen LogP contribution in [0.5, 0.6) is 0 Å². The summed E-state index contributed by atoms with van der Waals surface area (Å²) in [6.45, 7) is 1.74. The fourth-order valence-electron chi connectivity index (χ4n) is 2.99. The number of carbonyl (C=O) groups is 1. The molecule has 2 aromatic heterocycles. The van der Waals surface area contributed by atoms with Crippen LogP contribution in [0.2, 0.25) is 0 Å². The molecule has 0 aromatic carbocycles. The third-order valence-corrected chi connectivity index (χ3v) is 4.78. The molecule has 6 heteroatoms. The minimum absolute atomic E-state index is 0.118. The zero-order valence-corrected chi connectivity index (χ0v) is 12.8. The van der Waals surface area contributed by atoms with E-state index in [1.165, 1.54) is 6.42 Å². The van der Waals surface area contributed by atoms with Crippen molar-refractivity contribution in [3.8, 4) is 0 Å². The summed E-state index contributed by atoms with van der Waals surface area (Å²) in [4.78, 5) is 14.7. The van der Waals surface area contributed by atoms with E-state index in [2.05, 4.69) is 11.4 Å². The Balaban J connectivity index is 1.83. The topological polar surface area (TPSA) is 42.5 Å². The highest BCUT2D eigenvalue weighted by atomic mass is 32.2. The van der Waals surface area contributed by atoms with Gasteiger partial charge in [-0.2, -0.15) is 16.9 Å². The number of aromatic nitrogens is 3. The normalized spacial score (nSPS) is 19.7. The average molecular weight is 292 g/mol. The van der Waals surface area contributed by atoms with Crippen LogP contribution in [0, 0.1) is 5.92 Å². The number of amides is 1. The number of aryl methyl sites for hydroxylation is 1. The molecule has 0 unspecified atom stereocenters. The molecule has 2 aromatic rings. The smallest absolute Gasteiger partial charge is 0.259 e. The van der Waals surface area contributed by atoms with Gasteiger partial charge in [-0.25, -0.2) is 4.52 Å². The van der Waals surface area contributed by atoms with E-state index in [9.17, 15) is 4.79 Å². The molecule has 0 radical (unpaired) electrons. The fraction of sp³-hybridized carbons (Fsp3) is 0.571. The number of rotatable bonds is 3. The van der Waals surface area contributed by atoms with Crippen molar-refractivity contribution < 1.29 is 4.79 Å². The summed E-state index contributed by atoms with van der Waals surface area (Å²) in [7, 11) is 1.94. The lowest BCUT2D eigenvalue weighted by atomic mass is 9.99. The Morgan fingerprint density at radius 3 is 3.15 bits per heavy atom. The van der Waals surface area contributed by atoms with Crippen molar-refractivity contribution >= 4 is 23.3 Å². The summed E-state index contributed by atoms with van der Waals surface area (Å²) in [5.41, 5.74) is 1.59. The zero-order valence-electron chi connectivity index (χ0n) is 12.0. The molecular formula is C14H20N4OS. The molecule has 1 fully saturated rings. The summed E-state index contributed by atoms with van der Waals surface area (Å²) < 4.78 is 3.71. The zero-order chi connectivity index (χ0) is 14.1. The average Bonchev–Trinajstić information content (AvgIpc) is 3.02. The van der Waals surface area contributed by atoms with Gasteiger partial charge in [-0.3, -0.25) is 4.79 Å². The number of thioether (sulfide) groups is 1. The fourth-order valence-corrected chi connectivity index (χ4v) is 3.74. The number of likely N-dealkylation sites (tertiary alicyclic amines) is 1. The van der Waals surface area contributed by atoms with Gasteiger partial charge in [0, 0.05) is 32.5 Å². The number of fused-ring (bicyclic) bond motifs is 1. The first-order valence-electron chi connectivity index (χ1n) is 6.97. The maximum Gasteiger partial charge on any atom is 0.259 e. The van der Waals surface area contributed by atoms with E-state index in [1.54, 1.807) is 10.7 Å². The molecule has 0 saturated carbocycles. The minimum atomic E-state index is 0.118. The van der Waals surface area contributed by atoms with E-state index in [1.807, 2.05) is 40.7 Å². The number of imidazole rings is 1. The maximum absolute atomic E-state index is 12.7. The van der Waals surface area contributed by atoms with Gasteiger partial charge in [0.05, 0.1) is 6.20 Å². The molecule has 3 heterocycles. The van der Waals surface area contributed by atoms with E-state index in [0.717, 1.165) is 30.9 Å². The number of hydrogen-bond donors (Lipinski definition) is 0. The molecule has 108 valence electrons. The third kappa shape index (κ3) is 2.32. The summed E-state index contributed by atoms with van der Waals surface area (Å²) >= 11 is 1.87. The first-order valence-corrected chi connectivity index (χ1v) is 8.37. The molecule has 1 atom stereocenters. The van der Waals surface area contributed by atoms with Crippen LogP contribution in [-0.2, 0) is 7.05 Å². The molecule has 20 heavy (non-hydrogen) atoms. The lowest BCUT2D eigenvalue weighted by molar-refractivity contribution is 0.0687. The van der Waals surface area contributed by atoms with Crippen LogP contribution in [0.4, 0.5) is 0 Å². The first-order chi connectivity index (χ1) is 9.70. The summed E-state index contributed by atoms with van der Waals surface area (Å²) in [5, 5.41) is 4.25. The first kappa shape index (κ1) is 13.5. The largest absolute Gasteiger partial charge is 0.338 e. The molecule has 1 aliphatic heterocycles. The van der Waals surface area contributed by atoms with Gasteiger partial charge in [-0.05, 0) is 30.8 Å². The summed E-state index contributed by atoms with van der Waals surface area (Å²) in [5.74, 6) is 1.88. The van der Waals surface area contributed by atoms with Crippen molar-refractivity contribution in [2.45, 2.75) is 12.8 Å². The molecule has 1 amide bonds. The Hall–Kier alpha value is -1.43. The standard InChI is InChI=1S/C14H20N4OS/c1-16-6-7-18-13(16)12(8-15-18)14(19)17-5-3-4-11(9-17)10-20-2/h6-8,11H,3-5,9-10H2,1-2H3/t11-/m1/s1. The van der Waals surface area contributed by atoms with Crippen LogP contribution in [0.15, 0.2) is 18.6 Å². The Labute approximate surface area is 122 Å². The molecule has 1 saturated heterocycles. The minimum Gasteiger partial charge on any atom is -0.338 e. The highest BCUT2D eigenvalue weighted by Gasteiger charge is 2.26. The predicted molar refractivity (Wildman–Crippen MR) is 81.2 cm³/mol. The lowest BCUT2D eigenvalue weighted by Crippen LogP contribution is -2.40. The van der Waals surface area contributed by atoms with Gasteiger partial charge in [-0.15, -0.1) is 0 Å². The van der Waals surface area contributed by atoms with Crippen molar-refractivity contribution in [2.24, 2.45) is 13.0 Å². The molecule has 1 aliphatic rings. The second kappa shape index (κ2) is 5.52. The molecule has 0 spiro atoms. The van der Waals surface area contributed by atoms with Gasteiger partial charge in [0.2, 0.25) is 0 Å². The van der Waals surface area contributed by atoms with Crippen LogP contribution in [0.1, 0.15) is 23.2 Å². The molecule has 0 aliphatic carbocycles. The van der Waals surface area contributed by atoms with Crippen LogP contribution in [0.3, 0.4) is 0 Å². The van der Waals surface area contributed by atoms with Crippen molar-refractivity contribution in [3.63, 3.8) is 0 Å². The molecular weight excluding hydrogens is 272 g/mol. The summed E-state index contributed by atoms with van der Waals surface area (Å²) in [6, 6.07) is 0. The SMILES string of the molecule is CSC[C@@H]1CCCN(C(=O)c2cnn3ccn(C)c23)C1. The van der Waals surface area contributed by atoms with E-state index < -0.39 is 0 Å². The van der Waals surface area contributed by atoms with Gasteiger partial charge in [0.15, 0.2) is 0 Å². The Kier molecular flexibility index (Phi) is 3.74. The molecule has 0 bridgehead atoms. The summed E-state index contributed by atoms with van der Waals surface area (Å²) in [6.07, 6.45) is 9.96. The van der Waals surface area contributed by atoms with Gasteiger partial charge in [0.25, 0.3) is 5.91 Å². The van der Waals surface area contributed by atoms with E-state index in [4.69, 9.17) is 0 Å². The highest BCUT2D eigenvalue weighted by Crippen LogP contribution is 2.22. The molecule has 5 nitrogen and oxygen atoms in total. The number of hydrogen-bond acceptors (Lipinski definition) is 3. The van der Waals surface area contributed by atoms with Crippen molar-refractivity contribution in [1.29, 1.82) is 0 Å². The monoisotopic (exact) mass is 292 g/mol.